The molecule has 0 atom stereocenters. The zero-order chi connectivity index (χ0) is 55.1. The smallest absolute Gasteiger partial charge is 0.159 e. The van der Waals surface area contributed by atoms with E-state index in [1.807, 2.05) is 79.7 Å². The van der Waals surface area contributed by atoms with Crippen molar-refractivity contribution in [2.24, 2.45) is 5.92 Å². The molecule has 0 radical (unpaired) electrons. The van der Waals surface area contributed by atoms with Gasteiger partial charge in [-0.25, -0.2) is 0 Å². The first-order chi connectivity index (χ1) is 33.1. The van der Waals surface area contributed by atoms with Crippen LogP contribution in [0.2, 0.25) is 0 Å². The summed E-state index contributed by atoms with van der Waals surface area (Å²) in [5.41, 5.74) is 2.86. The van der Waals surface area contributed by atoms with Crippen LogP contribution < -0.4 is 4.74 Å². The highest BCUT2D eigenvalue weighted by Gasteiger charge is 2.16. The molecule has 0 N–H and O–H groups in total. The minimum atomic E-state index is 0.0253. The van der Waals surface area contributed by atoms with E-state index in [0.29, 0.717) is 40.7 Å². The summed E-state index contributed by atoms with van der Waals surface area (Å²) >= 11 is 0. The highest BCUT2D eigenvalue weighted by Crippen LogP contribution is 2.24. The summed E-state index contributed by atoms with van der Waals surface area (Å²) in [4.78, 5) is 102. The van der Waals surface area contributed by atoms with E-state index in [0.717, 1.165) is 29.4 Å². The number of carbonyl (C=O) groups is 10. The lowest BCUT2D eigenvalue weighted by Crippen LogP contribution is -2.13. The second-order valence-corrected chi connectivity index (χ2v) is 16.9. The summed E-state index contributed by atoms with van der Waals surface area (Å²) in [7, 11) is 0. The number of carbonyl (C=O) groups excluding carboxylic acids is 10. The molecule has 1 saturated carbocycles. The molecular weight excluding hydrogens is 897 g/mol. The molecule has 0 aliphatic heterocycles. The number of benzene rings is 5. The second kappa shape index (κ2) is 40.7. The fraction of sp³-hybridized carbons (Fsp3) is 0.367. The van der Waals surface area contributed by atoms with Crippen molar-refractivity contribution in [1.82, 2.24) is 0 Å². The van der Waals surface area contributed by atoms with Gasteiger partial charge in [-0.1, -0.05) is 92.9 Å². The number of hydrogen-bond acceptors (Lipinski definition) is 11. The van der Waals surface area contributed by atoms with Gasteiger partial charge >= 0.3 is 0 Å². The lowest BCUT2D eigenvalue weighted by atomic mass is 9.87. The van der Waals surface area contributed by atoms with Crippen LogP contribution >= 0.6 is 0 Å². The molecule has 6 rings (SSSR count). The van der Waals surface area contributed by atoms with Gasteiger partial charge in [0.2, 0.25) is 0 Å². The van der Waals surface area contributed by atoms with Crippen molar-refractivity contribution in [1.29, 1.82) is 0 Å². The van der Waals surface area contributed by atoms with Crippen LogP contribution in [-0.2, 0) is 28.8 Å². The number of fused-ring (bicyclic) bond motifs is 1. The largest absolute Gasteiger partial charge is 0.457 e. The second-order valence-electron chi connectivity index (χ2n) is 16.9. The van der Waals surface area contributed by atoms with Gasteiger partial charge < -0.3 is 28.7 Å². The zero-order valence-electron chi connectivity index (χ0n) is 44.9. The fourth-order valence-corrected chi connectivity index (χ4v) is 5.24. The predicted octanol–water partition coefficient (Wildman–Crippen LogP) is 14.3. The number of rotatable bonds is 8. The average Bonchev–Trinajstić information content (AvgIpc) is 3.30. The van der Waals surface area contributed by atoms with E-state index >= 15 is 0 Å². The summed E-state index contributed by atoms with van der Waals surface area (Å²) < 4.78 is 5.63. The Bertz CT molecular complexity index is 2290. The van der Waals surface area contributed by atoms with Crippen LogP contribution in [0.3, 0.4) is 0 Å². The molecule has 1 aliphatic rings. The monoisotopic (exact) mass is 975 g/mol. The number of ketones is 10. The molecule has 71 heavy (non-hydrogen) atoms. The van der Waals surface area contributed by atoms with Crippen molar-refractivity contribution in [2.75, 3.05) is 0 Å². The van der Waals surface area contributed by atoms with Crippen LogP contribution in [0.15, 0.2) is 121 Å². The Morgan fingerprint density at radius 3 is 0.958 bits per heavy atom. The van der Waals surface area contributed by atoms with Crippen molar-refractivity contribution in [2.45, 2.75) is 142 Å². The van der Waals surface area contributed by atoms with E-state index in [-0.39, 0.29) is 52.0 Å². The molecule has 1 aliphatic carbocycles. The van der Waals surface area contributed by atoms with Crippen LogP contribution in [0.25, 0.3) is 10.8 Å². The Hall–Kier alpha value is -7.14. The molecule has 1 fully saturated rings. The predicted molar refractivity (Wildman–Crippen MR) is 287 cm³/mol. The number of ether oxygens (including phenoxy) is 1. The van der Waals surface area contributed by atoms with E-state index in [2.05, 4.69) is 0 Å². The average molecular weight is 975 g/mol. The van der Waals surface area contributed by atoms with Gasteiger partial charge in [0.15, 0.2) is 23.1 Å². The van der Waals surface area contributed by atoms with E-state index in [1.54, 1.807) is 76.2 Å². The van der Waals surface area contributed by atoms with Gasteiger partial charge in [-0.05, 0) is 175 Å². The van der Waals surface area contributed by atoms with Gasteiger partial charge in [0.05, 0.1) is 0 Å². The van der Waals surface area contributed by atoms with Crippen LogP contribution in [0.5, 0.6) is 11.5 Å². The molecule has 0 bridgehead atoms. The van der Waals surface area contributed by atoms with Crippen molar-refractivity contribution in [3.63, 3.8) is 0 Å². The minimum Gasteiger partial charge on any atom is -0.457 e. The zero-order valence-corrected chi connectivity index (χ0v) is 44.9. The normalized spacial score (nSPS) is 10.5. The third-order valence-electron chi connectivity index (χ3n) is 8.77. The molecule has 11 heteroatoms. The molecule has 384 valence electrons. The summed E-state index contributed by atoms with van der Waals surface area (Å²) in [6.45, 7) is 23.6. The maximum atomic E-state index is 11.1. The maximum absolute atomic E-state index is 11.1. The lowest BCUT2D eigenvalue weighted by molar-refractivity contribution is -0.121. The molecule has 0 aromatic heterocycles. The standard InChI is InChI=1S/C16H14O3.C12H10O.C8H14O.C8H8O.C4H8O.4C3H6O/c1-11(17)13-3-7-15(8-4-13)19-16-9-5-14(6-10-16)12(2)18;1-9(13)11-7-6-10-4-2-3-5-12(10)8-11;2*1-7(9)8-5-3-2-4-6-8;1-3-4(2)5;4*1-3(2)4/h3-10H,1-2H3;2-8H,1H3;8H,2-6H2,1H3;2-6H,1H3;3H2,1-2H3;4*1-2H3. The third kappa shape index (κ3) is 41.5. The van der Waals surface area contributed by atoms with Gasteiger partial charge in [-0.15, -0.1) is 0 Å². The lowest BCUT2D eigenvalue weighted by Gasteiger charge is -2.17. The third-order valence-corrected chi connectivity index (χ3v) is 8.77. The number of hydrogen-bond donors (Lipinski definition) is 0. The Morgan fingerprint density at radius 2 is 0.676 bits per heavy atom. The molecule has 0 amide bonds. The van der Waals surface area contributed by atoms with E-state index < -0.39 is 0 Å². The minimum absolute atomic E-state index is 0.0253. The van der Waals surface area contributed by atoms with Crippen LogP contribution in [-0.4, -0.2) is 57.8 Å². The van der Waals surface area contributed by atoms with Gasteiger partial charge in [0, 0.05) is 34.6 Å². The molecular formula is C60H78O11. The van der Waals surface area contributed by atoms with Gasteiger partial charge in [-0.3, -0.25) is 24.0 Å². The molecule has 0 saturated heterocycles. The summed E-state index contributed by atoms with van der Waals surface area (Å²) in [5.74, 6) is 3.33. The van der Waals surface area contributed by atoms with Crippen LogP contribution in [0, 0.1) is 5.92 Å². The highest BCUT2D eigenvalue weighted by molar-refractivity contribution is 5.98. The Balaban J connectivity index is -0.000000786. The van der Waals surface area contributed by atoms with Gasteiger partial charge in [0.1, 0.15) is 46.2 Å². The first-order valence-corrected chi connectivity index (χ1v) is 23.5. The molecule has 0 spiro atoms. The Morgan fingerprint density at radius 1 is 0.380 bits per heavy atom. The first-order valence-electron chi connectivity index (χ1n) is 23.5. The Labute approximate surface area is 423 Å². The molecule has 0 unspecified atom stereocenters. The summed E-state index contributed by atoms with van der Waals surface area (Å²) in [6, 6.07) is 36.9. The van der Waals surface area contributed by atoms with Crippen LogP contribution in [0.4, 0.5) is 0 Å². The van der Waals surface area contributed by atoms with E-state index in [1.165, 1.54) is 93.9 Å². The van der Waals surface area contributed by atoms with E-state index in [4.69, 9.17) is 4.74 Å². The summed E-state index contributed by atoms with van der Waals surface area (Å²) in [5, 5.41) is 2.29. The maximum Gasteiger partial charge on any atom is 0.159 e. The van der Waals surface area contributed by atoms with E-state index in [9.17, 15) is 47.9 Å². The highest BCUT2D eigenvalue weighted by atomic mass is 16.5. The molecule has 11 nitrogen and oxygen atoms in total. The molecule has 5 aromatic rings. The van der Waals surface area contributed by atoms with Crippen molar-refractivity contribution >= 4 is 68.6 Å². The quantitative estimate of drug-likeness (QED) is 0.135. The molecule has 0 heterocycles. The van der Waals surface area contributed by atoms with Gasteiger partial charge in [0.25, 0.3) is 0 Å². The van der Waals surface area contributed by atoms with Crippen molar-refractivity contribution in [3.8, 4) is 11.5 Å². The Kier molecular flexibility index (Phi) is 39.1. The number of Topliss-reactive ketones (excluding diaryl/α,β-unsaturated/α-hetero) is 10. The molecule has 5 aromatic carbocycles. The first kappa shape index (κ1) is 68.1. The SMILES string of the molecule is CC(=O)C1CCCCC1.CC(=O)c1ccc(Oc2ccc(C(C)=O)cc2)cc1.CC(=O)c1ccc2ccccc2c1.CC(=O)c1ccccc1.CC(C)=O.CC(C)=O.CC(C)=O.CC(C)=O.CCC(C)=O. The van der Waals surface area contributed by atoms with Crippen molar-refractivity contribution in [3.05, 3.63) is 144 Å². The van der Waals surface area contributed by atoms with Crippen molar-refractivity contribution < 1.29 is 52.7 Å². The summed E-state index contributed by atoms with van der Waals surface area (Å²) in [6.07, 6.45) is 6.84. The van der Waals surface area contributed by atoms with Crippen LogP contribution in [0.1, 0.15) is 184 Å². The topological polar surface area (TPSA) is 180 Å². The fourth-order valence-electron chi connectivity index (χ4n) is 5.24. The van der Waals surface area contributed by atoms with Gasteiger partial charge in [-0.2, -0.15) is 0 Å².